The summed E-state index contributed by atoms with van der Waals surface area (Å²) in [6, 6.07) is 9.02. The third-order valence-electron chi connectivity index (χ3n) is 3.97. The van der Waals surface area contributed by atoms with E-state index >= 15 is 0 Å². The summed E-state index contributed by atoms with van der Waals surface area (Å²) in [4.78, 5) is 23.3. The lowest BCUT2D eigenvalue weighted by Gasteiger charge is -2.19. The smallest absolute Gasteiger partial charge is 0.309 e. The van der Waals surface area contributed by atoms with Crippen molar-refractivity contribution in [1.29, 1.82) is 0 Å². The first-order chi connectivity index (χ1) is 13.6. The Balaban J connectivity index is 1.73. The summed E-state index contributed by atoms with van der Waals surface area (Å²) in [5.41, 5.74) is 0.616. The Bertz CT molecular complexity index is 877. The normalized spacial score (nSPS) is 11.1. The molecule has 0 aromatic heterocycles. The maximum absolute atomic E-state index is 13.5. The van der Waals surface area contributed by atoms with Crippen LogP contribution in [0.2, 0.25) is 0 Å². The van der Waals surface area contributed by atoms with E-state index < -0.39 is 41.6 Å². The lowest BCUT2D eigenvalue weighted by molar-refractivity contribution is -0.147. The van der Waals surface area contributed by atoms with Crippen LogP contribution in [-0.2, 0) is 19.7 Å². The number of amides is 1. The van der Waals surface area contributed by atoms with E-state index in [0.29, 0.717) is 11.8 Å². The molecule has 8 heteroatoms. The maximum atomic E-state index is 13.5. The Kier molecular flexibility index (Phi) is 7.25. The number of carbonyl (C=O) groups excluding carboxylic acids is 2. The number of benzene rings is 2. The molecule has 0 heterocycles. The van der Waals surface area contributed by atoms with Crippen LogP contribution in [0.15, 0.2) is 36.4 Å². The zero-order valence-corrected chi connectivity index (χ0v) is 16.4. The van der Waals surface area contributed by atoms with Crippen LogP contribution in [0.4, 0.5) is 18.9 Å². The molecular formula is C21H22F3NO4. The van der Waals surface area contributed by atoms with Crippen LogP contribution in [-0.4, -0.2) is 25.1 Å². The van der Waals surface area contributed by atoms with E-state index in [4.69, 9.17) is 9.47 Å². The van der Waals surface area contributed by atoms with Gasteiger partial charge < -0.3 is 14.8 Å². The number of hydrogen-bond acceptors (Lipinski definition) is 4. The van der Waals surface area contributed by atoms with Gasteiger partial charge in [-0.2, -0.15) is 0 Å². The summed E-state index contributed by atoms with van der Waals surface area (Å²) in [6.07, 6.45) is -0.103. The highest BCUT2D eigenvalue weighted by molar-refractivity contribution is 5.92. The average Bonchev–Trinajstić information content (AvgIpc) is 2.66. The minimum absolute atomic E-state index is 0.0194. The van der Waals surface area contributed by atoms with E-state index in [9.17, 15) is 22.8 Å². The van der Waals surface area contributed by atoms with Gasteiger partial charge in [0.1, 0.15) is 5.75 Å². The molecule has 0 fully saturated rings. The van der Waals surface area contributed by atoms with Gasteiger partial charge in [-0.3, -0.25) is 9.59 Å². The number of anilines is 1. The van der Waals surface area contributed by atoms with E-state index in [-0.39, 0.29) is 18.4 Å². The van der Waals surface area contributed by atoms with Gasteiger partial charge in [0.05, 0.1) is 18.7 Å². The summed E-state index contributed by atoms with van der Waals surface area (Å²) >= 11 is 0. The van der Waals surface area contributed by atoms with Crippen LogP contribution in [0, 0.1) is 17.5 Å². The number of halogens is 3. The van der Waals surface area contributed by atoms with Crippen LogP contribution in [0.1, 0.15) is 32.8 Å². The van der Waals surface area contributed by atoms with Crippen molar-refractivity contribution >= 4 is 17.6 Å². The third-order valence-corrected chi connectivity index (χ3v) is 3.97. The van der Waals surface area contributed by atoms with Crippen molar-refractivity contribution in [2.24, 2.45) is 0 Å². The standard InChI is InChI=1S/C21H22F3NO4/c1-21(2,3)13-4-6-14(7-5-13)28-11-10-18(27)29-12-17(26)25-16-9-8-15(22)19(23)20(16)24/h4-9H,10-12H2,1-3H3,(H,25,26). The second kappa shape index (κ2) is 9.45. The van der Waals surface area contributed by atoms with Crippen LogP contribution in [0.25, 0.3) is 0 Å². The molecule has 2 aromatic rings. The van der Waals surface area contributed by atoms with Gasteiger partial charge in [-0.15, -0.1) is 0 Å². The van der Waals surface area contributed by atoms with Gasteiger partial charge in [0, 0.05) is 0 Å². The Morgan fingerprint density at radius 2 is 1.62 bits per heavy atom. The molecule has 0 saturated carbocycles. The number of rotatable bonds is 7. The van der Waals surface area contributed by atoms with Crippen LogP contribution in [0.3, 0.4) is 0 Å². The zero-order valence-electron chi connectivity index (χ0n) is 16.4. The van der Waals surface area contributed by atoms with Crippen molar-refractivity contribution < 1.29 is 32.2 Å². The molecule has 0 spiro atoms. The molecule has 0 bridgehead atoms. The summed E-state index contributed by atoms with van der Waals surface area (Å²) < 4.78 is 49.7. The van der Waals surface area contributed by atoms with Crippen molar-refractivity contribution in [3.8, 4) is 5.75 Å². The van der Waals surface area contributed by atoms with Crippen LogP contribution in [0.5, 0.6) is 5.75 Å². The minimum Gasteiger partial charge on any atom is -0.493 e. The molecule has 29 heavy (non-hydrogen) atoms. The molecule has 0 aliphatic carbocycles. The van der Waals surface area contributed by atoms with E-state index in [1.165, 1.54) is 0 Å². The van der Waals surface area contributed by atoms with E-state index in [1.807, 2.05) is 17.4 Å². The Morgan fingerprint density at radius 1 is 0.966 bits per heavy atom. The van der Waals surface area contributed by atoms with Gasteiger partial charge in [0.15, 0.2) is 24.1 Å². The Labute approximate surface area is 166 Å². The summed E-state index contributed by atoms with van der Waals surface area (Å²) in [7, 11) is 0. The Morgan fingerprint density at radius 3 is 2.24 bits per heavy atom. The van der Waals surface area contributed by atoms with Crippen molar-refractivity contribution in [2.75, 3.05) is 18.5 Å². The first kappa shape index (κ1) is 22.3. The van der Waals surface area contributed by atoms with Crippen LogP contribution < -0.4 is 10.1 Å². The molecule has 5 nitrogen and oxygen atoms in total. The highest BCUT2D eigenvalue weighted by Gasteiger charge is 2.16. The van der Waals surface area contributed by atoms with Gasteiger partial charge in [0.25, 0.3) is 5.91 Å². The first-order valence-electron chi connectivity index (χ1n) is 8.90. The molecule has 1 amide bonds. The van der Waals surface area contributed by atoms with Crippen molar-refractivity contribution in [1.82, 2.24) is 0 Å². The molecule has 0 aliphatic heterocycles. The summed E-state index contributed by atoms with van der Waals surface area (Å²) in [5.74, 6) is -5.60. The van der Waals surface area contributed by atoms with Crippen molar-refractivity contribution in [2.45, 2.75) is 32.6 Å². The minimum atomic E-state index is -1.70. The average molecular weight is 409 g/mol. The van der Waals surface area contributed by atoms with Gasteiger partial charge in [-0.1, -0.05) is 32.9 Å². The first-order valence-corrected chi connectivity index (χ1v) is 8.90. The number of ether oxygens (including phenoxy) is 2. The van der Waals surface area contributed by atoms with E-state index in [0.717, 1.165) is 11.6 Å². The predicted octanol–water partition coefficient (Wildman–Crippen LogP) is 4.35. The predicted molar refractivity (Wildman–Crippen MR) is 101 cm³/mol. The maximum Gasteiger partial charge on any atom is 0.309 e. The molecule has 156 valence electrons. The fourth-order valence-electron chi connectivity index (χ4n) is 2.33. The molecular weight excluding hydrogens is 387 g/mol. The molecule has 0 unspecified atom stereocenters. The third kappa shape index (κ3) is 6.51. The number of carbonyl (C=O) groups is 2. The number of nitrogens with one attached hydrogen (secondary N) is 1. The quantitative estimate of drug-likeness (QED) is 0.545. The van der Waals surface area contributed by atoms with Gasteiger partial charge in [0.2, 0.25) is 0 Å². The zero-order chi connectivity index (χ0) is 21.6. The molecule has 0 aliphatic rings. The second-order valence-electron chi connectivity index (χ2n) is 7.30. The number of esters is 1. The number of hydrogen-bond donors (Lipinski definition) is 1. The summed E-state index contributed by atoms with van der Waals surface area (Å²) in [5, 5.41) is 2.00. The Hall–Kier alpha value is -3.03. The largest absolute Gasteiger partial charge is 0.493 e. The molecule has 0 radical (unpaired) electrons. The monoisotopic (exact) mass is 409 g/mol. The van der Waals surface area contributed by atoms with Crippen molar-refractivity contribution in [3.05, 3.63) is 59.4 Å². The molecule has 2 rings (SSSR count). The van der Waals surface area contributed by atoms with Crippen molar-refractivity contribution in [3.63, 3.8) is 0 Å². The lowest BCUT2D eigenvalue weighted by Crippen LogP contribution is -2.22. The molecule has 2 aromatic carbocycles. The van der Waals surface area contributed by atoms with E-state index in [2.05, 4.69) is 20.8 Å². The second-order valence-corrected chi connectivity index (χ2v) is 7.30. The lowest BCUT2D eigenvalue weighted by atomic mass is 9.87. The molecule has 1 N–H and O–H groups in total. The molecule has 0 atom stereocenters. The van der Waals surface area contributed by atoms with Gasteiger partial charge >= 0.3 is 5.97 Å². The topological polar surface area (TPSA) is 64.6 Å². The highest BCUT2D eigenvalue weighted by Crippen LogP contribution is 2.24. The summed E-state index contributed by atoms with van der Waals surface area (Å²) in [6.45, 7) is 5.63. The van der Waals surface area contributed by atoms with E-state index in [1.54, 1.807) is 12.1 Å². The van der Waals surface area contributed by atoms with Crippen LogP contribution >= 0.6 is 0 Å². The SMILES string of the molecule is CC(C)(C)c1ccc(OCCC(=O)OCC(=O)Nc2ccc(F)c(F)c2F)cc1. The fourth-order valence-corrected chi connectivity index (χ4v) is 2.33. The van der Waals surface area contributed by atoms with Gasteiger partial charge in [-0.05, 0) is 35.2 Å². The van der Waals surface area contributed by atoms with Gasteiger partial charge in [-0.25, -0.2) is 13.2 Å². The molecule has 0 saturated heterocycles. The fraction of sp³-hybridized carbons (Fsp3) is 0.333. The highest BCUT2D eigenvalue weighted by atomic mass is 19.2.